The summed E-state index contributed by atoms with van der Waals surface area (Å²) in [7, 11) is 0. The van der Waals surface area contributed by atoms with Gasteiger partial charge in [-0.2, -0.15) is 0 Å². The second-order valence-corrected chi connectivity index (χ2v) is 5.46. The largest absolute Gasteiger partial charge is 0.299 e. The number of benzene rings is 1. The fourth-order valence-corrected chi connectivity index (χ4v) is 3.08. The SMILES string of the molecule is Cl.O=[N+]([O-])c1ccc(C/C=C2\CN3CCC2CC3)cc1. The predicted octanol–water partition coefficient (Wildman–Crippen LogP) is 3.21. The lowest BCUT2D eigenvalue weighted by Gasteiger charge is -2.41. The van der Waals surface area contributed by atoms with Gasteiger partial charge in [-0.3, -0.25) is 15.0 Å². The number of piperidine rings is 3. The first kappa shape index (κ1) is 15.0. The first-order chi connectivity index (χ1) is 9.22. The van der Waals surface area contributed by atoms with Crippen LogP contribution in [0.5, 0.6) is 0 Å². The van der Waals surface area contributed by atoms with Crippen molar-refractivity contribution < 1.29 is 4.92 Å². The number of hydrogen-bond acceptors (Lipinski definition) is 3. The molecule has 4 nitrogen and oxygen atoms in total. The minimum absolute atomic E-state index is 0. The molecule has 0 unspecified atom stereocenters. The minimum atomic E-state index is -0.352. The van der Waals surface area contributed by atoms with Gasteiger partial charge in [0.05, 0.1) is 4.92 Å². The molecule has 0 N–H and O–H groups in total. The molecule has 0 radical (unpaired) electrons. The molecule has 0 atom stereocenters. The molecule has 0 saturated carbocycles. The lowest BCUT2D eigenvalue weighted by Crippen LogP contribution is -2.43. The summed E-state index contributed by atoms with van der Waals surface area (Å²) in [4.78, 5) is 12.8. The molecule has 0 spiro atoms. The van der Waals surface area contributed by atoms with E-state index < -0.39 is 0 Å². The van der Waals surface area contributed by atoms with Crippen LogP contribution < -0.4 is 0 Å². The lowest BCUT2D eigenvalue weighted by molar-refractivity contribution is -0.384. The van der Waals surface area contributed by atoms with E-state index in [-0.39, 0.29) is 23.0 Å². The van der Waals surface area contributed by atoms with Crippen molar-refractivity contribution in [3.05, 3.63) is 51.6 Å². The van der Waals surface area contributed by atoms with E-state index in [4.69, 9.17) is 0 Å². The third kappa shape index (κ3) is 3.19. The van der Waals surface area contributed by atoms with Crippen LogP contribution in [0.25, 0.3) is 0 Å². The van der Waals surface area contributed by atoms with Crippen LogP contribution >= 0.6 is 12.4 Å². The lowest BCUT2D eigenvalue weighted by atomic mass is 9.83. The van der Waals surface area contributed by atoms with Crippen molar-refractivity contribution in [3.8, 4) is 0 Å². The maximum Gasteiger partial charge on any atom is 0.269 e. The van der Waals surface area contributed by atoms with Crippen LogP contribution in [-0.4, -0.2) is 29.5 Å². The molecule has 20 heavy (non-hydrogen) atoms. The van der Waals surface area contributed by atoms with Gasteiger partial charge >= 0.3 is 0 Å². The maximum absolute atomic E-state index is 10.6. The van der Waals surface area contributed by atoms with Gasteiger partial charge in [0, 0.05) is 18.7 Å². The number of rotatable bonds is 3. The van der Waals surface area contributed by atoms with Gasteiger partial charge in [0.1, 0.15) is 0 Å². The number of hydrogen-bond donors (Lipinski definition) is 0. The van der Waals surface area contributed by atoms with E-state index in [1.54, 1.807) is 17.7 Å². The fourth-order valence-electron chi connectivity index (χ4n) is 3.08. The number of allylic oxidation sites excluding steroid dienone is 1. The van der Waals surface area contributed by atoms with E-state index in [0.717, 1.165) is 24.4 Å². The Kier molecular flexibility index (Phi) is 4.78. The second kappa shape index (κ2) is 6.37. The smallest absolute Gasteiger partial charge is 0.269 e. The molecule has 3 heterocycles. The summed E-state index contributed by atoms with van der Waals surface area (Å²) < 4.78 is 0. The Morgan fingerprint density at radius 3 is 2.40 bits per heavy atom. The van der Waals surface area contributed by atoms with Crippen molar-refractivity contribution in [1.82, 2.24) is 4.90 Å². The summed E-state index contributed by atoms with van der Waals surface area (Å²) in [6.07, 6.45) is 5.81. The van der Waals surface area contributed by atoms with E-state index >= 15 is 0 Å². The predicted molar refractivity (Wildman–Crippen MR) is 81.3 cm³/mol. The van der Waals surface area contributed by atoms with Crippen molar-refractivity contribution in [1.29, 1.82) is 0 Å². The molecular weight excluding hydrogens is 276 g/mol. The topological polar surface area (TPSA) is 46.4 Å². The van der Waals surface area contributed by atoms with Gasteiger partial charge in [-0.1, -0.05) is 23.8 Å². The molecule has 3 aliphatic rings. The van der Waals surface area contributed by atoms with Crippen LogP contribution in [0.15, 0.2) is 35.9 Å². The zero-order chi connectivity index (χ0) is 13.2. The summed E-state index contributed by atoms with van der Waals surface area (Å²) in [5, 5.41) is 10.6. The Hall–Kier alpha value is -1.39. The summed E-state index contributed by atoms with van der Waals surface area (Å²) in [5.74, 6) is 0.781. The highest BCUT2D eigenvalue weighted by Gasteiger charge is 2.28. The van der Waals surface area contributed by atoms with E-state index in [9.17, 15) is 10.1 Å². The van der Waals surface area contributed by atoms with Gasteiger partial charge in [0.25, 0.3) is 5.69 Å². The summed E-state index contributed by atoms with van der Waals surface area (Å²) >= 11 is 0. The Morgan fingerprint density at radius 1 is 1.25 bits per heavy atom. The van der Waals surface area contributed by atoms with Gasteiger partial charge in [-0.15, -0.1) is 12.4 Å². The van der Waals surface area contributed by atoms with E-state index in [1.165, 1.54) is 25.9 Å². The van der Waals surface area contributed by atoms with Crippen molar-refractivity contribution in [3.63, 3.8) is 0 Å². The van der Waals surface area contributed by atoms with Crippen LogP contribution in [0.1, 0.15) is 18.4 Å². The van der Waals surface area contributed by atoms with Crippen LogP contribution in [0, 0.1) is 16.0 Å². The van der Waals surface area contributed by atoms with Crippen molar-refractivity contribution in [2.45, 2.75) is 19.3 Å². The van der Waals surface area contributed by atoms with Crippen LogP contribution in [0.4, 0.5) is 5.69 Å². The Morgan fingerprint density at radius 2 is 1.90 bits per heavy atom. The van der Waals surface area contributed by atoms with Gasteiger partial charge in [0.15, 0.2) is 0 Å². The molecule has 0 aromatic heterocycles. The van der Waals surface area contributed by atoms with Gasteiger partial charge < -0.3 is 0 Å². The highest BCUT2D eigenvalue weighted by atomic mass is 35.5. The third-order valence-electron chi connectivity index (χ3n) is 4.27. The summed E-state index contributed by atoms with van der Waals surface area (Å²) in [6.45, 7) is 3.62. The first-order valence-corrected chi connectivity index (χ1v) is 6.87. The fraction of sp³-hybridized carbons (Fsp3) is 0.467. The zero-order valence-corrected chi connectivity index (χ0v) is 12.1. The zero-order valence-electron chi connectivity index (χ0n) is 11.3. The maximum atomic E-state index is 10.6. The summed E-state index contributed by atoms with van der Waals surface area (Å²) in [6, 6.07) is 6.89. The van der Waals surface area contributed by atoms with Crippen molar-refractivity contribution >= 4 is 18.1 Å². The number of nitrogens with zero attached hydrogens (tertiary/aromatic N) is 2. The summed E-state index contributed by atoms with van der Waals surface area (Å²) in [5.41, 5.74) is 2.88. The average Bonchev–Trinajstić information content (AvgIpc) is 2.47. The average molecular weight is 295 g/mol. The Labute approximate surface area is 125 Å². The molecule has 1 aromatic rings. The van der Waals surface area contributed by atoms with Crippen molar-refractivity contribution in [2.24, 2.45) is 5.92 Å². The molecule has 0 aliphatic carbocycles. The standard InChI is InChI=1S/C15H18N2O2.ClH/c18-17(19)15-5-2-12(3-6-15)1-4-14-11-16-9-7-13(14)8-10-16;/h2-6,13H,1,7-11H2;1H/b14-4+;. The van der Waals surface area contributed by atoms with E-state index in [2.05, 4.69) is 11.0 Å². The normalized spacial score (nSPS) is 26.3. The Balaban J connectivity index is 0.00000147. The molecular formula is C15H19ClN2O2. The molecule has 3 fully saturated rings. The second-order valence-electron chi connectivity index (χ2n) is 5.46. The first-order valence-electron chi connectivity index (χ1n) is 6.87. The third-order valence-corrected chi connectivity index (χ3v) is 4.27. The van der Waals surface area contributed by atoms with Crippen LogP contribution in [0.3, 0.4) is 0 Å². The van der Waals surface area contributed by atoms with Crippen molar-refractivity contribution in [2.75, 3.05) is 19.6 Å². The molecule has 0 amide bonds. The molecule has 1 aromatic carbocycles. The molecule has 4 rings (SSSR count). The van der Waals surface area contributed by atoms with E-state index in [1.807, 2.05) is 12.1 Å². The molecule has 108 valence electrons. The van der Waals surface area contributed by atoms with Gasteiger partial charge in [0.2, 0.25) is 0 Å². The number of nitro benzene ring substituents is 1. The number of non-ortho nitro benzene ring substituents is 1. The number of nitro groups is 1. The molecule has 3 aliphatic heterocycles. The number of halogens is 1. The van der Waals surface area contributed by atoms with Crippen LogP contribution in [0.2, 0.25) is 0 Å². The highest BCUT2D eigenvalue weighted by molar-refractivity contribution is 5.85. The van der Waals surface area contributed by atoms with E-state index in [0.29, 0.717) is 0 Å². The minimum Gasteiger partial charge on any atom is -0.299 e. The quantitative estimate of drug-likeness (QED) is 0.488. The monoisotopic (exact) mass is 294 g/mol. The van der Waals surface area contributed by atoms with Gasteiger partial charge in [-0.25, -0.2) is 0 Å². The highest BCUT2D eigenvalue weighted by Crippen LogP contribution is 2.31. The number of fused-ring (bicyclic) bond motifs is 3. The van der Waals surface area contributed by atoms with Gasteiger partial charge in [-0.05, 0) is 43.8 Å². The molecule has 3 saturated heterocycles. The molecule has 2 bridgehead atoms. The van der Waals surface area contributed by atoms with Crippen LogP contribution in [-0.2, 0) is 6.42 Å². The Bertz CT molecular complexity index is 505. The molecule has 5 heteroatoms.